The number of ether oxygens (including phenoxy) is 1. The number of hydrogen-bond acceptors (Lipinski definition) is 4. The van der Waals surface area contributed by atoms with Crippen molar-refractivity contribution in [2.45, 2.75) is 13.2 Å². The number of benzene rings is 1. The lowest BCUT2D eigenvalue weighted by Crippen LogP contribution is -2.21. The molecule has 2 rings (SSSR count). The number of hydrogen-bond donors (Lipinski definition) is 1. The van der Waals surface area contributed by atoms with Crippen molar-refractivity contribution in [2.75, 3.05) is 12.4 Å². The first-order valence-electron chi connectivity index (χ1n) is 6.14. The van der Waals surface area contributed by atoms with Gasteiger partial charge >= 0.3 is 0 Å². The van der Waals surface area contributed by atoms with Gasteiger partial charge in [-0.2, -0.15) is 5.10 Å². The van der Waals surface area contributed by atoms with E-state index in [1.807, 2.05) is 24.3 Å². The molecular weight excluding hydrogens is 322 g/mol. The molecule has 0 amide bonds. The molecule has 1 N–H and O–H groups in total. The largest absolute Gasteiger partial charge is 0.380 e. The molecule has 0 aliphatic heterocycles. The molecule has 1 heterocycles. The third-order valence-corrected chi connectivity index (χ3v) is 3.66. The highest BCUT2D eigenvalue weighted by Gasteiger charge is 2.06. The zero-order valence-electron chi connectivity index (χ0n) is 11.4. The molecule has 0 fully saturated rings. The Labute approximate surface area is 125 Å². The Balaban J connectivity index is 2.05. The van der Waals surface area contributed by atoms with E-state index < -0.39 is 0 Å². The van der Waals surface area contributed by atoms with Gasteiger partial charge < -0.3 is 10.1 Å². The average Bonchev–Trinajstić information content (AvgIpc) is 2.46. The van der Waals surface area contributed by atoms with Gasteiger partial charge in [0.25, 0.3) is 5.56 Å². The number of nitrogens with zero attached hydrogens (tertiary/aromatic N) is 2. The van der Waals surface area contributed by atoms with Gasteiger partial charge in [-0.3, -0.25) is 4.79 Å². The van der Waals surface area contributed by atoms with Crippen LogP contribution in [0.4, 0.5) is 5.69 Å². The molecule has 6 heteroatoms. The minimum absolute atomic E-state index is 0.162. The third kappa shape index (κ3) is 3.46. The van der Waals surface area contributed by atoms with Crippen LogP contribution in [0.3, 0.4) is 0 Å². The van der Waals surface area contributed by atoms with Crippen LogP contribution < -0.4 is 10.9 Å². The van der Waals surface area contributed by atoms with E-state index in [0.717, 1.165) is 11.1 Å². The predicted octanol–water partition coefficient (Wildman–Crippen LogP) is 2.30. The maximum absolute atomic E-state index is 11.7. The van der Waals surface area contributed by atoms with Gasteiger partial charge in [-0.05, 0) is 27.1 Å². The molecule has 0 aliphatic carbocycles. The SMILES string of the molecule is COCc1ccc(CNc2cnn(C)c(=O)c2Br)cc1. The van der Waals surface area contributed by atoms with Crippen molar-refractivity contribution in [3.05, 3.63) is 56.4 Å². The highest BCUT2D eigenvalue weighted by Crippen LogP contribution is 2.17. The summed E-state index contributed by atoms with van der Waals surface area (Å²) in [5, 5.41) is 7.18. The van der Waals surface area contributed by atoms with E-state index >= 15 is 0 Å². The van der Waals surface area contributed by atoms with Gasteiger partial charge in [-0.25, -0.2) is 4.68 Å². The molecule has 0 aliphatic rings. The fourth-order valence-electron chi connectivity index (χ4n) is 1.75. The number of anilines is 1. The zero-order valence-corrected chi connectivity index (χ0v) is 13.0. The lowest BCUT2D eigenvalue weighted by Gasteiger charge is -2.09. The third-order valence-electron chi connectivity index (χ3n) is 2.90. The summed E-state index contributed by atoms with van der Waals surface area (Å²) in [5.74, 6) is 0. The van der Waals surface area contributed by atoms with E-state index in [4.69, 9.17) is 4.74 Å². The van der Waals surface area contributed by atoms with Gasteiger partial charge in [0.15, 0.2) is 0 Å². The van der Waals surface area contributed by atoms with Crippen LogP contribution in [0.25, 0.3) is 0 Å². The quantitative estimate of drug-likeness (QED) is 0.909. The summed E-state index contributed by atoms with van der Waals surface area (Å²) < 4.78 is 6.85. The van der Waals surface area contributed by atoms with Crippen molar-refractivity contribution in [3.8, 4) is 0 Å². The molecule has 1 aromatic heterocycles. The summed E-state index contributed by atoms with van der Waals surface area (Å²) in [4.78, 5) is 11.7. The maximum atomic E-state index is 11.7. The fraction of sp³-hybridized carbons (Fsp3) is 0.286. The smallest absolute Gasteiger partial charge is 0.282 e. The molecule has 0 saturated heterocycles. The lowest BCUT2D eigenvalue weighted by molar-refractivity contribution is 0.185. The molecule has 5 nitrogen and oxygen atoms in total. The number of nitrogens with one attached hydrogen (secondary N) is 1. The van der Waals surface area contributed by atoms with E-state index in [1.54, 1.807) is 20.4 Å². The number of rotatable bonds is 5. The predicted molar refractivity (Wildman–Crippen MR) is 81.7 cm³/mol. The van der Waals surface area contributed by atoms with Gasteiger partial charge in [-0.15, -0.1) is 0 Å². The highest BCUT2D eigenvalue weighted by atomic mass is 79.9. The average molecular weight is 338 g/mol. The zero-order chi connectivity index (χ0) is 14.5. The first-order chi connectivity index (χ1) is 9.61. The van der Waals surface area contributed by atoms with Crippen LogP contribution in [-0.4, -0.2) is 16.9 Å². The molecule has 0 unspecified atom stereocenters. The van der Waals surface area contributed by atoms with Crippen LogP contribution in [-0.2, 0) is 24.9 Å². The molecule has 20 heavy (non-hydrogen) atoms. The van der Waals surface area contributed by atoms with Crippen molar-refractivity contribution in [1.82, 2.24) is 9.78 Å². The van der Waals surface area contributed by atoms with Crippen molar-refractivity contribution in [2.24, 2.45) is 7.05 Å². The molecule has 106 valence electrons. The summed E-state index contributed by atoms with van der Waals surface area (Å²) in [6.45, 7) is 1.23. The minimum atomic E-state index is -0.162. The maximum Gasteiger partial charge on any atom is 0.282 e. The first kappa shape index (κ1) is 14.7. The molecule has 0 radical (unpaired) electrons. The molecule has 0 spiro atoms. The molecular formula is C14H16BrN3O2. The molecule has 0 saturated carbocycles. The second-order valence-electron chi connectivity index (χ2n) is 4.40. The van der Waals surface area contributed by atoms with Gasteiger partial charge in [-0.1, -0.05) is 24.3 Å². The van der Waals surface area contributed by atoms with Crippen LogP contribution in [0.1, 0.15) is 11.1 Å². The van der Waals surface area contributed by atoms with Crippen molar-refractivity contribution in [3.63, 3.8) is 0 Å². The number of aromatic nitrogens is 2. The second kappa shape index (κ2) is 6.67. The van der Waals surface area contributed by atoms with Crippen LogP contribution >= 0.6 is 15.9 Å². The van der Waals surface area contributed by atoms with Crippen LogP contribution in [0.15, 0.2) is 39.7 Å². The van der Waals surface area contributed by atoms with Crippen molar-refractivity contribution >= 4 is 21.6 Å². The van der Waals surface area contributed by atoms with E-state index in [0.29, 0.717) is 23.3 Å². The van der Waals surface area contributed by atoms with E-state index in [-0.39, 0.29) is 5.56 Å². The van der Waals surface area contributed by atoms with E-state index in [2.05, 4.69) is 26.3 Å². The Morgan fingerprint density at radius 1 is 1.30 bits per heavy atom. The Morgan fingerprint density at radius 2 is 1.95 bits per heavy atom. The van der Waals surface area contributed by atoms with Crippen molar-refractivity contribution in [1.29, 1.82) is 0 Å². The fourth-order valence-corrected chi connectivity index (χ4v) is 2.25. The number of aryl methyl sites for hydroxylation is 1. The topological polar surface area (TPSA) is 56.1 Å². The summed E-state index contributed by atoms with van der Waals surface area (Å²) in [6.07, 6.45) is 1.63. The van der Waals surface area contributed by atoms with Crippen molar-refractivity contribution < 1.29 is 4.74 Å². The van der Waals surface area contributed by atoms with Crippen LogP contribution in [0.2, 0.25) is 0 Å². The summed E-state index contributed by atoms with van der Waals surface area (Å²) in [5.41, 5.74) is 2.78. The van der Waals surface area contributed by atoms with E-state index in [1.165, 1.54) is 4.68 Å². The molecule has 0 atom stereocenters. The summed E-state index contributed by atoms with van der Waals surface area (Å²) >= 11 is 3.28. The Kier molecular flexibility index (Phi) is 4.92. The van der Waals surface area contributed by atoms with E-state index in [9.17, 15) is 4.79 Å². The molecule has 2 aromatic rings. The molecule has 1 aromatic carbocycles. The van der Waals surface area contributed by atoms with Gasteiger partial charge in [0, 0.05) is 20.7 Å². The highest BCUT2D eigenvalue weighted by molar-refractivity contribution is 9.10. The number of methoxy groups -OCH3 is 1. The number of halogens is 1. The van der Waals surface area contributed by atoms with Gasteiger partial charge in [0.2, 0.25) is 0 Å². The lowest BCUT2D eigenvalue weighted by atomic mass is 10.1. The second-order valence-corrected chi connectivity index (χ2v) is 5.20. The Bertz CT molecular complexity index is 638. The summed E-state index contributed by atoms with van der Waals surface area (Å²) in [7, 11) is 3.29. The Hall–Kier alpha value is -1.66. The van der Waals surface area contributed by atoms with Gasteiger partial charge in [0.1, 0.15) is 4.47 Å². The van der Waals surface area contributed by atoms with Crippen LogP contribution in [0, 0.1) is 0 Å². The Morgan fingerprint density at radius 3 is 2.60 bits per heavy atom. The standard InChI is InChI=1S/C14H16BrN3O2/c1-18-14(19)13(15)12(8-17-18)16-7-10-3-5-11(6-4-10)9-20-2/h3-6,8,16H,7,9H2,1-2H3. The summed E-state index contributed by atoms with van der Waals surface area (Å²) in [6, 6.07) is 8.11. The molecule has 0 bridgehead atoms. The monoisotopic (exact) mass is 337 g/mol. The normalized spacial score (nSPS) is 10.6. The van der Waals surface area contributed by atoms with Gasteiger partial charge in [0.05, 0.1) is 18.5 Å². The minimum Gasteiger partial charge on any atom is -0.380 e. The first-order valence-corrected chi connectivity index (χ1v) is 6.93. The van der Waals surface area contributed by atoms with Crippen LogP contribution in [0.5, 0.6) is 0 Å².